The molecule has 2 aromatic rings. The monoisotopic (exact) mass is 451 g/mol. The van der Waals surface area contributed by atoms with E-state index in [0.717, 1.165) is 35.4 Å². The highest BCUT2D eigenvalue weighted by Gasteiger charge is 2.30. The van der Waals surface area contributed by atoms with E-state index in [1.54, 1.807) is 19.1 Å². The molecule has 0 aliphatic rings. The van der Waals surface area contributed by atoms with Crippen LogP contribution in [-0.4, -0.2) is 37.0 Å². The summed E-state index contributed by atoms with van der Waals surface area (Å²) >= 11 is 0. The molecule has 0 aromatic heterocycles. The van der Waals surface area contributed by atoms with Gasteiger partial charge in [-0.15, -0.1) is 0 Å². The molecule has 0 saturated carbocycles. The standard InChI is InChI=1S/C21H20F3N3O5/c1-12-4-3-5-16(13(12)2)26-20(31)27-17(28)11-32-18(29)10-25-19(30)14-6-8-15(9-7-14)21(22,23)24/h3-9H,10-11H2,1-2H3,(H,25,30)(H2,26,27,28,31). The highest BCUT2D eigenvalue weighted by Crippen LogP contribution is 2.29. The van der Waals surface area contributed by atoms with Crippen molar-refractivity contribution in [2.75, 3.05) is 18.5 Å². The fourth-order valence-corrected chi connectivity index (χ4v) is 2.46. The van der Waals surface area contributed by atoms with Crippen molar-refractivity contribution >= 4 is 29.5 Å². The molecule has 0 heterocycles. The minimum atomic E-state index is -4.53. The topological polar surface area (TPSA) is 114 Å². The van der Waals surface area contributed by atoms with Crippen molar-refractivity contribution < 1.29 is 37.1 Å². The molecule has 2 rings (SSSR count). The molecule has 0 atom stereocenters. The smallest absolute Gasteiger partial charge is 0.416 e. The molecule has 170 valence electrons. The Morgan fingerprint density at radius 3 is 2.25 bits per heavy atom. The Kier molecular flexibility index (Phi) is 7.94. The number of ether oxygens (including phenoxy) is 1. The van der Waals surface area contributed by atoms with Crippen LogP contribution in [0.3, 0.4) is 0 Å². The SMILES string of the molecule is Cc1cccc(NC(=O)NC(=O)COC(=O)CNC(=O)c2ccc(C(F)(F)F)cc2)c1C. The second kappa shape index (κ2) is 10.4. The van der Waals surface area contributed by atoms with E-state index in [2.05, 4.69) is 15.4 Å². The molecular weight excluding hydrogens is 431 g/mol. The molecule has 8 nitrogen and oxygen atoms in total. The first-order valence-electron chi connectivity index (χ1n) is 9.25. The number of hydrogen-bond donors (Lipinski definition) is 3. The van der Waals surface area contributed by atoms with Crippen molar-refractivity contribution in [2.45, 2.75) is 20.0 Å². The summed E-state index contributed by atoms with van der Waals surface area (Å²) in [6.07, 6.45) is -4.53. The number of imide groups is 1. The normalized spacial score (nSPS) is 10.8. The number of hydrogen-bond acceptors (Lipinski definition) is 5. The number of halogens is 3. The number of nitrogens with one attached hydrogen (secondary N) is 3. The molecule has 0 aliphatic heterocycles. The zero-order chi connectivity index (χ0) is 23.9. The van der Waals surface area contributed by atoms with E-state index in [0.29, 0.717) is 5.69 Å². The zero-order valence-corrected chi connectivity index (χ0v) is 17.1. The van der Waals surface area contributed by atoms with Gasteiger partial charge in [0, 0.05) is 11.3 Å². The van der Waals surface area contributed by atoms with Crippen LogP contribution in [0, 0.1) is 13.8 Å². The molecule has 11 heteroatoms. The molecule has 0 saturated heterocycles. The number of rotatable bonds is 6. The molecule has 0 bridgehead atoms. The van der Waals surface area contributed by atoms with Crippen molar-refractivity contribution in [3.63, 3.8) is 0 Å². The lowest BCUT2D eigenvalue weighted by atomic mass is 10.1. The van der Waals surface area contributed by atoms with Gasteiger partial charge in [-0.2, -0.15) is 13.2 Å². The van der Waals surface area contributed by atoms with Gasteiger partial charge < -0.3 is 15.4 Å². The number of aryl methyl sites for hydroxylation is 1. The molecule has 4 amide bonds. The van der Waals surface area contributed by atoms with Crippen LogP contribution in [0.15, 0.2) is 42.5 Å². The number of alkyl halides is 3. The third kappa shape index (κ3) is 7.11. The van der Waals surface area contributed by atoms with Gasteiger partial charge in [0.05, 0.1) is 5.56 Å². The van der Waals surface area contributed by atoms with Gasteiger partial charge in [0.1, 0.15) is 6.54 Å². The third-order valence-electron chi connectivity index (χ3n) is 4.34. The summed E-state index contributed by atoms with van der Waals surface area (Å²) in [5.74, 6) is -2.67. The summed E-state index contributed by atoms with van der Waals surface area (Å²) < 4.78 is 42.2. The van der Waals surface area contributed by atoms with E-state index in [9.17, 15) is 32.3 Å². The molecule has 2 aromatic carbocycles. The Morgan fingerprint density at radius 1 is 0.969 bits per heavy atom. The lowest BCUT2D eigenvalue weighted by molar-refractivity contribution is -0.147. The number of benzene rings is 2. The highest BCUT2D eigenvalue weighted by molar-refractivity contribution is 6.02. The first-order chi connectivity index (χ1) is 15.0. The van der Waals surface area contributed by atoms with Gasteiger partial charge in [0.2, 0.25) is 0 Å². The first kappa shape index (κ1) is 24.4. The molecule has 0 fully saturated rings. The maximum absolute atomic E-state index is 12.5. The quantitative estimate of drug-likeness (QED) is 0.585. The van der Waals surface area contributed by atoms with Gasteiger partial charge in [-0.3, -0.25) is 19.7 Å². The lowest BCUT2D eigenvalue weighted by Gasteiger charge is -2.11. The van der Waals surface area contributed by atoms with Crippen LogP contribution >= 0.6 is 0 Å². The van der Waals surface area contributed by atoms with E-state index >= 15 is 0 Å². The Morgan fingerprint density at radius 2 is 1.62 bits per heavy atom. The van der Waals surface area contributed by atoms with Crippen molar-refractivity contribution in [1.29, 1.82) is 0 Å². The number of carbonyl (C=O) groups is 4. The van der Waals surface area contributed by atoms with Gasteiger partial charge in [-0.05, 0) is 55.3 Å². The second-order valence-electron chi connectivity index (χ2n) is 6.67. The largest absolute Gasteiger partial charge is 0.454 e. The predicted octanol–water partition coefficient (Wildman–Crippen LogP) is 2.94. The third-order valence-corrected chi connectivity index (χ3v) is 4.34. The fraction of sp³-hybridized carbons (Fsp3) is 0.238. The Bertz CT molecular complexity index is 1020. The van der Waals surface area contributed by atoms with Gasteiger partial charge >= 0.3 is 18.2 Å². The number of anilines is 1. The van der Waals surface area contributed by atoms with E-state index < -0.39 is 48.7 Å². The zero-order valence-electron chi connectivity index (χ0n) is 17.1. The predicted molar refractivity (Wildman–Crippen MR) is 108 cm³/mol. The lowest BCUT2D eigenvalue weighted by Crippen LogP contribution is -2.38. The summed E-state index contributed by atoms with van der Waals surface area (Å²) in [6.45, 7) is 2.27. The van der Waals surface area contributed by atoms with Gasteiger partial charge in [0.25, 0.3) is 11.8 Å². The summed E-state index contributed by atoms with van der Waals surface area (Å²) in [7, 11) is 0. The van der Waals surface area contributed by atoms with E-state index in [4.69, 9.17) is 0 Å². The molecule has 32 heavy (non-hydrogen) atoms. The number of esters is 1. The molecule has 3 N–H and O–H groups in total. The van der Waals surface area contributed by atoms with Crippen molar-refractivity contribution in [3.8, 4) is 0 Å². The minimum absolute atomic E-state index is 0.0911. The van der Waals surface area contributed by atoms with E-state index in [-0.39, 0.29) is 5.56 Å². The maximum Gasteiger partial charge on any atom is 0.416 e. The van der Waals surface area contributed by atoms with Crippen LogP contribution in [0.25, 0.3) is 0 Å². The van der Waals surface area contributed by atoms with Crippen LogP contribution < -0.4 is 16.0 Å². The van der Waals surface area contributed by atoms with Crippen LogP contribution in [0.5, 0.6) is 0 Å². The Hall–Kier alpha value is -3.89. The number of amides is 4. The highest BCUT2D eigenvalue weighted by atomic mass is 19.4. The summed E-state index contributed by atoms with van der Waals surface area (Å²) in [5, 5.41) is 6.66. The van der Waals surface area contributed by atoms with Gasteiger partial charge in [-0.25, -0.2) is 4.79 Å². The number of carbonyl (C=O) groups excluding carboxylic acids is 4. The average Bonchev–Trinajstić information content (AvgIpc) is 2.73. The van der Waals surface area contributed by atoms with Crippen molar-refractivity contribution in [2.24, 2.45) is 0 Å². The molecule has 0 unspecified atom stereocenters. The van der Waals surface area contributed by atoms with Crippen LogP contribution in [0.1, 0.15) is 27.0 Å². The van der Waals surface area contributed by atoms with Crippen molar-refractivity contribution in [3.05, 3.63) is 64.7 Å². The molecular formula is C21H20F3N3O5. The van der Waals surface area contributed by atoms with E-state index in [1.807, 2.05) is 18.3 Å². The fourth-order valence-electron chi connectivity index (χ4n) is 2.46. The number of urea groups is 1. The van der Waals surface area contributed by atoms with Gasteiger partial charge in [-0.1, -0.05) is 12.1 Å². The van der Waals surface area contributed by atoms with Crippen LogP contribution in [0.2, 0.25) is 0 Å². The Labute approximate surface area is 181 Å². The minimum Gasteiger partial charge on any atom is -0.454 e. The molecule has 0 spiro atoms. The van der Waals surface area contributed by atoms with Gasteiger partial charge in [0.15, 0.2) is 6.61 Å². The average molecular weight is 451 g/mol. The second-order valence-corrected chi connectivity index (χ2v) is 6.67. The maximum atomic E-state index is 12.5. The van der Waals surface area contributed by atoms with Crippen molar-refractivity contribution in [1.82, 2.24) is 10.6 Å². The summed E-state index contributed by atoms with van der Waals surface area (Å²) in [5.41, 5.74) is 1.28. The van der Waals surface area contributed by atoms with Crippen LogP contribution in [0.4, 0.5) is 23.7 Å². The Balaban J connectivity index is 1.74. The summed E-state index contributed by atoms with van der Waals surface area (Å²) in [4.78, 5) is 47.2. The van der Waals surface area contributed by atoms with Crippen LogP contribution in [-0.2, 0) is 20.5 Å². The molecule has 0 aliphatic carbocycles. The van der Waals surface area contributed by atoms with E-state index in [1.165, 1.54) is 0 Å². The molecule has 0 radical (unpaired) electrons. The summed E-state index contributed by atoms with van der Waals surface area (Å²) in [6, 6.07) is 7.85. The first-order valence-corrected chi connectivity index (χ1v) is 9.25.